The van der Waals surface area contributed by atoms with Crippen LogP contribution in [0.5, 0.6) is 0 Å². The van der Waals surface area contributed by atoms with Gasteiger partial charge in [0.15, 0.2) is 5.82 Å². The van der Waals surface area contributed by atoms with E-state index in [9.17, 15) is 22.8 Å². The van der Waals surface area contributed by atoms with Crippen LogP contribution in [0.25, 0.3) is 16.8 Å². The van der Waals surface area contributed by atoms with Gasteiger partial charge in [-0.1, -0.05) is 0 Å². The molecule has 0 unspecified atom stereocenters. The van der Waals surface area contributed by atoms with Crippen LogP contribution in [0.15, 0.2) is 36.8 Å². The van der Waals surface area contributed by atoms with Gasteiger partial charge in [-0.2, -0.15) is 13.2 Å². The number of anilines is 2. The standard InChI is InChI=1S/C19H18F3N7O2/c20-19(21,22)12-6-11(7-25-16(12)23)10-3-4-15-26-14(9-28(15)8-10)27-17(30)13-2-1-5-29(13)18(24)31/h3-4,6-9,13H,1-2,5H2,(H2,23,25)(H2,24,31)(H,27,30)/t13-/m0/s1. The van der Waals surface area contributed by atoms with E-state index in [2.05, 4.69) is 15.3 Å². The van der Waals surface area contributed by atoms with Gasteiger partial charge in [0.25, 0.3) is 0 Å². The smallest absolute Gasteiger partial charge is 0.383 e. The van der Waals surface area contributed by atoms with Gasteiger partial charge in [-0.15, -0.1) is 0 Å². The average Bonchev–Trinajstić information content (AvgIpc) is 3.33. The summed E-state index contributed by atoms with van der Waals surface area (Å²) in [6.07, 6.45) is 0.891. The third kappa shape index (κ3) is 3.96. The van der Waals surface area contributed by atoms with Crippen LogP contribution in [-0.2, 0) is 11.0 Å². The summed E-state index contributed by atoms with van der Waals surface area (Å²) in [4.78, 5) is 33.2. The molecule has 1 aliphatic heterocycles. The van der Waals surface area contributed by atoms with Gasteiger partial charge in [0.2, 0.25) is 5.91 Å². The van der Waals surface area contributed by atoms with Crippen molar-refractivity contribution < 1.29 is 22.8 Å². The molecule has 1 fully saturated rings. The van der Waals surface area contributed by atoms with E-state index >= 15 is 0 Å². The van der Waals surface area contributed by atoms with E-state index in [1.54, 1.807) is 22.7 Å². The second-order valence-corrected chi connectivity index (χ2v) is 7.14. The number of primary amides is 1. The number of fused-ring (bicyclic) bond motifs is 1. The third-order valence-electron chi connectivity index (χ3n) is 5.10. The van der Waals surface area contributed by atoms with Crippen LogP contribution < -0.4 is 16.8 Å². The summed E-state index contributed by atoms with van der Waals surface area (Å²) in [7, 11) is 0. The molecule has 1 aliphatic rings. The molecule has 4 rings (SSSR count). The molecule has 1 saturated heterocycles. The lowest BCUT2D eigenvalue weighted by Gasteiger charge is -2.21. The number of hydrogen-bond acceptors (Lipinski definition) is 5. The summed E-state index contributed by atoms with van der Waals surface area (Å²) in [5.74, 6) is -0.760. The maximum Gasteiger partial charge on any atom is 0.419 e. The number of hydrogen-bond donors (Lipinski definition) is 3. The fourth-order valence-corrected chi connectivity index (χ4v) is 3.60. The van der Waals surface area contributed by atoms with Gasteiger partial charge in [0, 0.05) is 30.1 Å². The number of halogens is 3. The lowest BCUT2D eigenvalue weighted by molar-refractivity contribution is -0.137. The van der Waals surface area contributed by atoms with Crippen LogP contribution >= 0.6 is 0 Å². The van der Waals surface area contributed by atoms with Gasteiger partial charge < -0.3 is 26.1 Å². The number of urea groups is 1. The second kappa shape index (κ2) is 7.45. The van der Waals surface area contributed by atoms with E-state index in [1.807, 2.05) is 0 Å². The molecule has 0 spiro atoms. The number of alkyl halides is 3. The van der Waals surface area contributed by atoms with Crippen LogP contribution in [0.1, 0.15) is 18.4 Å². The zero-order valence-electron chi connectivity index (χ0n) is 16.1. The summed E-state index contributed by atoms with van der Waals surface area (Å²) in [6.45, 7) is 0.414. The molecule has 0 saturated carbocycles. The fourth-order valence-electron chi connectivity index (χ4n) is 3.60. The van der Waals surface area contributed by atoms with E-state index in [-0.39, 0.29) is 11.4 Å². The molecule has 0 radical (unpaired) electrons. The number of pyridine rings is 2. The Morgan fingerprint density at radius 3 is 2.68 bits per heavy atom. The first-order chi connectivity index (χ1) is 14.6. The largest absolute Gasteiger partial charge is 0.419 e. The molecule has 3 aromatic rings. The van der Waals surface area contributed by atoms with Crippen LogP contribution in [-0.4, -0.2) is 43.8 Å². The molecule has 9 nitrogen and oxygen atoms in total. The normalized spacial score (nSPS) is 16.6. The Bertz CT molecular complexity index is 1180. The number of nitrogens with zero attached hydrogens (tertiary/aromatic N) is 4. The Kier molecular flexibility index (Phi) is 4.91. The topological polar surface area (TPSA) is 132 Å². The van der Waals surface area contributed by atoms with E-state index in [0.29, 0.717) is 30.6 Å². The molecular formula is C19H18F3N7O2. The van der Waals surface area contributed by atoms with E-state index in [1.165, 1.54) is 17.3 Å². The Morgan fingerprint density at radius 2 is 1.97 bits per heavy atom. The number of carbonyl (C=O) groups is 2. The number of amides is 3. The molecule has 3 aromatic heterocycles. The Balaban J connectivity index is 1.59. The van der Waals surface area contributed by atoms with Crippen molar-refractivity contribution in [2.75, 3.05) is 17.6 Å². The SMILES string of the molecule is NC(=O)N1CCC[C@H]1C(=O)Nc1cn2cc(-c3cnc(N)c(C(F)(F)F)c3)ccc2n1. The number of imidazole rings is 1. The minimum absolute atomic E-state index is 0.228. The first kappa shape index (κ1) is 20.4. The maximum absolute atomic E-state index is 13.1. The molecule has 4 heterocycles. The van der Waals surface area contributed by atoms with Crippen molar-refractivity contribution in [1.82, 2.24) is 19.3 Å². The van der Waals surface area contributed by atoms with E-state index in [4.69, 9.17) is 11.5 Å². The van der Waals surface area contributed by atoms with Crippen LogP contribution in [0, 0.1) is 0 Å². The van der Waals surface area contributed by atoms with E-state index in [0.717, 1.165) is 6.07 Å². The molecule has 0 aliphatic carbocycles. The van der Waals surface area contributed by atoms with Crippen molar-refractivity contribution >= 4 is 29.2 Å². The zero-order valence-corrected chi connectivity index (χ0v) is 16.1. The maximum atomic E-state index is 13.1. The average molecular weight is 433 g/mol. The molecule has 5 N–H and O–H groups in total. The highest BCUT2D eigenvalue weighted by atomic mass is 19.4. The number of aromatic nitrogens is 3. The monoisotopic (exact) mass is 433 g/mol. The highest BCUT2D eigenvalue weighted by molar-refractivity contribution is 5.96. The predicted octanol–water partition coefficient (Wildman–Crippen LogP) is 2.48. The van der Waals surface area contributed by atoms with Crippen LogP contribution in [0.2, 0.25) is 0 Å². The minimum Gasteiger partial charge on any atom is -0.383 e. The van der Waals surface area contributed by atoms with Gasteiger partial charge in [-0.05, 0) is 31.0 Å². The lowest BCUT2D eigenvalue weighted by atomic mass is 10.1. The molecule has 12 heteroatoms. The number of carbonyl (C=O) groups excluding carboxylic acids is 2. The number of rotatable bonds is 3. The molecule has 162 valence electrons. The summed E-state index contributed by atoms with van der Waals surface area (Å²) < 4.78 is 40.9. The third-order valence-corrected chi connectivity index (χ3v) is 5.10. The second-order valence-electron chi connectivity index (χ2n) is 7.14. The van der Waals surface area contributed by atoms with Gasteiger partial charge in [-0.25, -0.2) is 14.8 Å². The molecule has 0 aromatic carbocycles. The Hall–Kier alpha value is -3.83. The zero-order chi connectivity index (χ0) is 22.3. The summed E-state index contributed by atoms with van der Waals surface area (Å²) in [5.41, 5.74) is 10.8. The summed E-state index contributed by atoms with van der Waals surface area (Å²) in [6, 6.07) is 2.79. The fraction of sp³-hybridized carbons (Fsp3) is 0.263. The number of likely N-dealkylation sites (tertiary alicyclic amines) is 1. The Morgan fingerprint density at radius 1 is 1.19 bits per heavy atom. The first-order valence-corrected chi connectivity index (χ1v) is 9.32. The Labute approximate surface area is 173 Å². The lowest BCUT2D eigenvalue weighted by Crippen LogP contribution is -2.45. The van der Waals surface area contributed by atoms with Gasteiger partial charge in [-0.3, -0.25) is 4.79 Å². The quantitative estimate of drug-likeness (QED) is 0.584. The van der Waals surface area contributed by atoms with Gasteiger partial charge in [0.1, 0.15) is 17.5 Å². The number of nitrogens with one attached hydrogen (secondary N) is 1. The molecule has 1 atom stereocenters. The van der Waals surface area contributed by atoms with Gasteiger partial charge in [0.05, 0.1) is 11.8 Å². The van der Waals surface area contributed by atoms with Crippen molar-refractivity contribution in [3.63, 3.8) is 0 Å². The van der Waals surface area contributed by atoms with Crippen molar-refractivity contribution in [3.05, 3.63) is 42.4 Å². The van der Waals surface area contributed by atoms with E-state index < -0.39 is 35.5 Å². The summed E-state index contributed by atoms with van der Waals surface area (Å²) >= 11 is 0. The highest BCUT2D eigenvalue weighted by Gasteiger charge is 2.34. The number of nitrogens with two attached hydrogens (primary N) is 2. The molecular weight excluding hydrogens is 415 g/mol. The van der Waals surface area contributed by atoms with Crippen LogP contribution in [0.3, 0.4) is 0 Å². The first-order valence-electron chi connectivity index (χ1n) is 9.32. The van der Waals surface area contributed by atoms with Crippen molar-refractivity contribution in [2.45, 2.75) is 25.1 Å². The van der Waals surface area contributed by atoms with Crippen molar-refractivity contribution in [1.29, 1.82) is 0 Å². The van der Waals surface area contributed by atoms with Crippen molar-refractivity contribution in [3.8, 4) is 11.1 Å². The molecule has 0 bridgehead atoms. The highest BCUT2D eigenvalue weighted by Crippen LogP contribution is 2.35. The minimum atomic E-state index is -4.62. The summed E-state index contributed by atoms with van der Waals surface area (Å²) in [5, 5.41) is 2.66. The predicted molar refractivity (Wildman–Crippen MR) is 106 cm³/mol. The number of nitrogen functional groups attached to an aromatic ring is 1. The van der Waals surface area contributed by atoms with Gasteiger partial charge >= 0.3 is 12.2 Å². The van der Waals surface area contributed by atoms with Crippen molar-refractivity contribution in [2.24, 2.45) is 5.73 Å². The van der Waals surface area contributed by atoms with Crippen LogP contribution in [0.4, 0.5) is 29.6 Å². The molecule has 3 amide bonds. The molecule has 31 heavy (non-hydrogen) atoms.